The van der Waals surface area contributed by atoms with Gasteiger partial charge in [-0.2, -0.15) is 0 Å². The maximum Gasteiger partial charge on any atom is 0.135 e. The van der Waals surface area contributed by atoms with E-state index in [9.17, 15) is 0 Å². The summed E-state index contributed by atoms with van der Waals surface area (Å²) < 4.78 is 22.1. The van der Waals surface area contributed by atoms with E-state index in [2.05, 4.69) is 109 Å². The van der Waals surface area contributed by atoms with Crippen molar-refractivity contribution in [1.82, 2.24) is 0 Å². The van der Waals surface area contributed by atoms with E-state index in [1.54, 1.807) is 6.07 Å². The molecule has 0 bridgehead atoms. The van der Waals surface area contributed by atoms with Crippen LogP contribution in [0.3, 0.4) is 0 Å². The molecule has 0 aliphatic carbocycles. The Labute approximate surface area is 252 Å². The maximum absolute atomic E-state index is 8.03. The second-order valence-corrected chi connectivity index (χ2v) is 11.1. The summed E-state index contributed by atoms with van der Waals surface area (Å²) in [6.07, 6.45) is 0. The minimum absolute atomic E-state index is 0.446. The fourth-order valence-electron chi connectivity index (χ4n) is 6.74. The Morgan fingerprint density at radius 3 is 1.70 bits per heavy atom. The molecule has 0 atom stereocenters. The van der Waals surface area contributed by atoms with E-state index >= 15 is 0 Å². The Morgan fingerprint density at radius 1 is 0.349 bits per heavy atom. The summed E-state index contributed by atoms with van der Waals surface area (Å²) in [6.45, 7) is 0. The average molecular weight is 549 g/mol. The Kier molecular flexibility index (Phi) is 4.83. The first-order valence-electron chi connectivity index (χ1n) is 15.6. The molecule has 0 saturated heterocycles. The van der Waals surface area contributed by atoms with Gasteiger partial charge in [-0.05, 0) is 96.0 Å². The van der Waals surface area contributed by atoms with E-state index in [0.29, 0.717) is 12.1 Å². The largest absolute Gasteiger partial charge is 0.456 e. The van der Waals surface area contributed by atoms with Crippen molar-refractivity contribution in [2.75, 3.05) is 0 Å². The number of hydrogen-bond acceptors (Lipinski definition) is 1. The first-order valence-corrected chi connectivity index (χ1v) is 14.6. The van der Waals surface area contributed by atoms with Crippen LogP contribution in [0, 0.1) is 0 Å². The first kappa shape index (κ1) is 22.0. The molecule has 0 saturated carbocycles. The molecule has 200 valence electrons. The van der Waals surface area contributed by atoms with Crippen molar-refractivity contribution in [2.24, 2.45) is 0 Å². The summed E-state index contributed by atoms with van der Waals surface area (Å²) in [5.41, 5.74) is 8.64. The van der Waals surface area contributed by atoms with Crippen LogP contribution >= 0.6 is 0 Å². The normalized spacial score (nSPS) is 12.4. The number of furan rings is 1. The van der Waals surface area contributed by atoms with Gasteiger partial charge in [-0.1, -0.05) is 127 Å². The molecule has 0 aliphatic heterocycles. The molecule has 43 heavy (non-hydrogen) atoms. The van der Waals surface area contributed by atoms with Gasteiger partial charge in [0.05, 0.1) is 2.74 Å². The second kappa shape index (κ2) is 9.44. The lowest BCUT2D eigenvalue weighted by atomic mass is 9.85. The fraction of sp³-hybridized carbons (Fsp3) is 0. The van der Waals surface area contributed by atoms with Gasteiger partial charge in [-0.25, -0.2) is 0 Å². The Bertz CT molecular complexity index is 2570. The third kappa shape index (κ3) is 3.79. The average Bonchev–Trinajstić information content (AvgIpc) is 3.43. The van der Waals surface area contributed by atoms with Crippen LogP contribution in [0.25, 0.3) is 87.6 Å². The Morgan fingerprint density at radius 2 is 0.930 bits per heavy atom. The summed E-state index contributed by atoms with van der Waals surface area (Å²) >= 11 is 0. The molecule has 0 unspecified atom stereocenters. The first-order chi connectivity index (χ1) is 22.1. The van der Waals surface area contributed by atoms with E-state index in [1.807, 2.05) is 30.3 Å². The molecule has 0 radical (unpaired) electrons. The van der Waals surface area contributed by atoms with Crippen molar-refractivity contribution in [3.8, 4) is 33.4 Å². The number of benzene rings is 8. The highest BCUT2D eigenvalue weighted by Gasteiger charge is 2.18. The van der Waals surface area contributed by atoms with Crippen molar-refractivity contribution in [3.63, 3.8) is 0 Å². The zero-order valence-electron chi connectivity index (χ0n) is 25.3. The number of para-hydroxylation sites is 1. The molecule has 0 fully saturated rings. The standard InChI is InChI=1S/C42H26O/c1-2-11-28-24-30(21-20-27(28)10-1)29-12-9-13-31(25-29)41-34-15-3-5-17-36(34)42(37-18-6-4-16-35(37)41)32-22-23-40-38(26-32)33-14-7-8-19-39(33)43-40/h1-26H/i1D,8D. The second-order valence-electron chi connectivity index (χ2n) is 11.1. The van der Waals surface area contributed by atoms with Gasteiger partial charge in [-0.15, -0.1) is 0 Å². The molecule has 9 rings (SSSR count). The molecule has 8 aromatic carbocycles. The van der Waals surface area contributed by atoms with Crippen LogP contribution in [0.2, 0.25) is 0 Å². The molecule has 0 aliphatic rings. The Hall–Kier alpha value is -5.66. The van der Waals surface area contributed by atoms with Gasteiger partial charge in [0.1, 0.15) is 11.2 Å². The number of rotatable bonds is 3. The molecule has 1 aromatic heterocycles. The van der Waals surface area contributed by atoms with Crippen LogP contribution in [0.1, 0.15) is 2.74 Å². The van der Waals surface area contributed by atoms with Gasteiger partial charge in [0.25, 0.3) is 0 Å². The third-order valence-corrected chi connectivity index (χ3v) is 8.71. The highest BCUT2D eigenvalue weighted by atomic mass is 16.3. The lowest BCUT2D eigenvalue weighted by Gasteiger charge is -2.18. The minimum Gasteiger partial charge on any atom is -0.456 e. The van der Waals surface area contributed by atoms with E-state index < -0.39 is 0 Å². The van der Waals surface area contributed by atoms with Gasteiger partial charge >= 0.3 is 0 Å². The van der Waals surface area contributed by atoms with Gasteiger partial charge in [-0.3, -0.25) is 0 Å². The summed E-state index contributed by atoms with van der Waals surface area (Å²) in [4.78, 5) is 0. The van der Waals surface area contributed by atoms with Gasteiger partial charge < -0.3 is 4.42 Å². The van der Waals surface area contributed by atoms with Crippen molar-refractivity contribution in [1.29, 1.82) is 0 Å². The maximum atomic E-state index is 8.03. The molecule has 1 heteroatoms. The third-order valence-electron chi connectivity index (χ3n) is 8.71. The van der Waals surface area contributed by atoms with Crippen LogP contribution in [-0.4, -0.2) is 0 Å². The van der Waals surface area contributed by atoms with Gasteiger partial charge in [0.2, 0.25) is 0 Å². The monoisotopic (exact) mass is 548 g/mol. The smallest absolute Gasteiger partial charge is 0.135 e. The molecule has 0 amide bonds. The van der Waals surface area contributed by atoms with Gasteiger partial charge in [0.15, 0.2) is 0 Å². The molecule has 9 aromatic rings. The van der Waals surface area contributed by atoms with Crippen LogP contribution in [0.4, 0.5) is 0 Å². The summed E-state index contributed by atoms with van der Waals surface area (Å²) in [5, 5.41) is 9.12. The predicted octanol–water partition coefficient (Wildman–Crippen LogP) is 12.0. The van der Waals surface area contributed by atoms with Crippen molar-refractivity contribution < 1.29 is 7.16 Å². The fourth-order valence-corrected chi connectivity index (χ4v) is 6.74. The lowest BCUT2D eigenvalue weighted by molar-refractivity contribution is 0.669. The molecule has 1 nitrogen and oxygen atoms in total. The molecule has 0 N–H and O–H groups in total. The highest BCUT2D eigenvalue weighted by molar-refractivity contribution is 6.22. The molecular formula is C42H26O. The number of fused-ring (bicyclic) bond motifs is 6. The van der Waals surface area contributed by atoms with E-state index in [1.165, 1.54) is 38.2 Å². The summed E-state index contributed by atoms with van der Waals surface area (Å²) in [7, 11) is 0. The quantitative estimate of drug-likeness (QED) is 0.200. The van der Waals surface area contributed by atoms with Crippen molar-refractivity contribution in [2.45, 2.75) is 0 Å². The van der Waals surface area contributed by atoms with E-state index in [0.717, 1.165) is 49.4 Å². The van der Waals surface area contributed by atoms with Crippen LogP contribution in [-0.2, 0) is 0 Å². The summed E-state index contributed by atoms with van der Waals surface area (Å²) in [6, 6.07) is 51.6. The van der Waals surface area contributed by atoms with Crippen LogP contribution in [0.15, 0.2) is 162 Å². The van der Waals surface area contributed by atoms with Crippen molar-refractivity contribution in [3.05, 3.63) is 158 Å². The van der Waals surface area contributed by atoms with E-state index in [4.69, 9.17) is 7.16 Å². The minimum atomic E-state index is 0.446. The molecular weight excluding hydrogens is 520 g/mol. The summed E-state index contributed by atoms with van der Waals surface area (Å²) in [5.74, 6) is 0. The van der Waals surface area contributed by atoms with Gasteiger partial charge in [0, 0.05) is 10.8 Å². The lowest BCUT2D eigenvalue weighted by Crippen LogP contribution is -1.91. The highest BCUT2D eigenvalue weighted by Crippen LogP contribution is 2.45. The topological polar surface area (TPSA) is 13.1 Å². The zero-order valence-corrected chi connectivity index (χ0v) is 23.3. The molecule has 1 heterocycles. The van der Waals surface area contributed by atoms with Crippen LogP contribution in [0.5, 0.6) is 0 Å². The molecule has 0 spiro atoms. The number of hydrogen-bond donors (Lipinski definition) is 0. The Balaban J connectivity index is 1.28. The van der Waals surface area contributed by atoms with Crippen molar-refractivity contribution >= 4 is 54.3 Å². The van der Waals surface area contributed by atoms with E-state index in [-0.39, 0.29) is 0 Å². The predicted molar refractivity (Wildman–Crippen MR) is 183 cm³/mol. The zero-order chi connectivity index (χ0) is 30.1. The SMILES string of the molecule is [2H]c1ccc2cc(-c3cccc(-c4c5ccccc5c(-c5ccc6oc7cc([2H])ccc7c6c5)c5ccccc45)c3)ccc2c1. The van der Waals surface area contributed by atoms with Crippen LogP contribution < -0.4 is 0 Å².